The zero-order valence-electron chi connectivity index (χ0n) is 22.4. The molecule has 0 bridgehead atoms. The standard InChI is InChI=1S/C29H38N4O5/c1-36-25-18-23-8-9-33(29(22-6-4-3-5-7-22)24(23)19-26(25)37-2)21-28(35)31-12-10-30(11-13-31)20-27(34)32-14-16-38-17-15-32/h3-7,18-19,29H,8-17,20-21H2,1-2H3/t29-/m0/s1. The van der Waals surface area contributed by atoms with Crippen molar-refractivity contribution in [3.8, 4) is 11.5 Å². The third kappa shape index (κ3) is 5.80. The van der Waals surface area contributed by atoms with Crippen molar-refractivity contribution < 1.29 is 23.8 Å². The molecule has 0 saturated carbocycles. The Morgan fingerprint density at radius 1 is 0.816 bits per heavy atom. The molecule has 9 heteroatoms. The molecule has 0 N–H and O–H groups in total. The number of hydrogen-bond acceptors (Lipinski definition) is 7. The van der Waals surface area contributed by atoms with Crippen molar-refractivity contribution in [2.75, 3.05) is 86.3 Å². The van der Waals surface area contributed by atoms with Gasteiger partial charge in [0, 0.05) is 45.8 Å². The lowest BCUT2D eigenvalue weighted by molar-refractivity contribution is -0.138. The number of carbonyl (C=O) groups is 2. The van der Waals surface area contributed by atoms with Crippen LogP contribution in [-0.4, -0.2) is 118 Å². The summed E-state index contributed by atoms with van der Waals surface area (Å²) in [6, 6.07) is 14.4. The number of rotatable bonds is 7. The summed E-state index contributed by atoms with van der Waals surface area (Å²) in [5.74, 6) is 1.71. The second kappa shape index (κ2) is 12.1. The average Bonchev–Trinajstić information content (AvgIpc) is 2.97. The Balaban J connectivity index is 1.25. The zero-order valence-corrected chi connectivity index (χ0v) is 22.4. The first kappa shape index (κ1) is 26.5. The van der Waals surface area contributed by atoms with E-state index in [1.54, 1.807) is 14.2 Å². The smallest absolute Gasteiger partial charge is 0.236 e. The van der Waals surface area contributed by atoms with Crippen molar-refractivity contribution >= 4 is 11.8 Å². The number of carbonyl (C=O) groups excluding carboxylic acids is 2. The normalized spacial score (nSPS) is 20.6. The van der Waals surface area contributed by atoms with Gasteiger partial charge in [0.15, 0.2) is 11.5 Å². The summed E-state index contributed by atoms with van der Waals surface area (Å²) >= 11 is 0. The van der Waals surface area contributed by atoms with E-state index in [1.165, 1.54) is 5.56 Å². The minimum atomic E-state index is -0.0452. The lowest BCUT2D eigenvalue weighted by atomic mass is 9.87. The van der Waals surface area contributed by atoms with Gasteiger partial charge in [-0.25, -0.2) is 0 Å². The Hall–Kier alpha value is -3.14. The Labute approximate surface area is 224 Å². The predicted molar refractivity (Wildman–Crippen MR) is 144 cm³/mol. The van der Waals surface area contributed by atoms with Gasteiger partial charge < -0.3 is 24.0 Å². The lowest BCUT2D eigenvalue weighted by Crippen LogP contribution is -2.54. The van der Waals surface area contributed by atoms with Crippen LogP contribution in [-0.2, 0) is 20.7 Å². The van der Waals surface area contributed by atoms with E-state index < -0.39 is 0 Å². The van der Waals surface area contributed by atoms with Gasteiger partial charge in [-0.1, -0.05) is 30.3 Å². The fraction of sp³-hybridized carbons (Fsp3) is 0.517. The molecular weight excluding hydrogens is 484 g/mol. The number of hydrogen-bond donors (Lipinski definition) is 0. The van der Waals surface area contributed by atoms with Crippen LogP contribution in [0.25, 0.3) is 0 Å². The summed E-state index contributed by atoms with van der Waals surface area (Å²) in [5.41, 5.74) is 3.53. The van der Waals surface area contributed by atoms with E-state index >= 15 is 0 Å². The fourth-order valence-electron chi connectivity index (χ4n) is 5.73. The minimum absolute atomic E-state index is 0.0452. The number of fused-ring (bicyclic) bond motifs is 1. The van der Waals surface area contributed by atoms with Crippen LogP contribution in [0.3, 0.4) is 0 Å². The highest BCUT2D eigenvalue weighted by atomic mass is 16.5. The molecule has 0 spiro atoms. The van der Waals surface area contributed by atoms with E-state index in [0.29, 0.717) is 71.3 Å². The molecule has 3 aliphatic rings. The molecule has 2 fully saturated rings. The number of methoxy groups -OCH3 is 2. The number of ether oxygens (including phenoxy) is 3. The maximum Gasteiger partial charge on any atom is 0.236 e. The molecule has 2 saturated heterocycles. The van der Waals surface area contributed by atoms with Gasteiger partial charge in [0.2, 0.25) is 11.8 Å². The molecule has 1 atom stereocenters. The average molecular weight is 523 g/mol. The summed E-state index contributed by atoms with van der Waals surface area (Å²) in [5, 5.41) is 0. The van der Waals surface area contributed by atoms with E-state index in [2.05, 4.69) is 34.1 Å². The maximum atomic E-state index is 13.5. The van der Waals surface area contributed by atoms with Crippen LogP contribution in [0.4, 0.5) is 0 Å². The molecule has 2 amide bonds. The van der Waals surface area contributed by atoms with Crippen molar-refractivity contribution in [3.63, 3.8) is 0 Å². The molecular formula is C29H38N4O5. The van der Waals surface area contributed by atoms with Gasteiger partial charge in [-0.15, -0.1) is 0 Å². The Morgan fingerprint density at radius 2 is 1.45 bits per heavy atom. The molecule has 9 nitrogen and oxygen atoms in total. The first-order chi connectivity index (χ1) is 18.6. The maximum absolute atomic E-state index is 13.5. The third-order valence-electron chi connectivity index (χ3n) is 7.87. The Kier molecular flexibility index (Phi) is 8.46. The zero-order chi connectivity index (χ0) is 26.5. The quantitative estimate of drug-likeness (QED) is 0.548. The van der Waals surface area contributed by atoms with Crippen molar-refractivity contribution in [3.05, 3.63) is 59.2 Å². The van der Waals surface area contributed by atoms with E-state index in [4.69, 9.17) is 14.2 Å². The minimum Gasteiger partial charge on any atom is -0.493 e. The second-order valence-corrected chi connectivity index (χ2v) is 10.1. The molecule has 204 valence electrons. The summed E-state index contributed by atoms with van der Waals surface area (Å²) < 4.78 is 16.5. The van der Waals surface area contributed by atoms with Gasteiger partial charge in [-0.2, -0.15) is 0 Å². The highest BCUT2D eigenvalue weighted by Gasteiger charge is 2.33. The Bertz CT molecular complexity index is 1110. The molecule has 0 unspecified atom stereocenters. The van der Waals surface area contributed by atoms with Crippen LogP contribution in [0.1, 0.15) is 22.7 Å². The van der Waals surface area contributed by atoms with Gasteiger partial charge in [0.05, 0.1) is 46.6 Å². The van der Waals surface area contributed by atoms with Crippen molar-refractivity contribution in [2.24, 2.45) is 0 Å². The van der Waals surface area contributed by atoms with E-state index in [9.17, 15) is 9.59 Å². The second-order valence-electron chi connectivity index (χ2n) is 10.1. The summed E-state index contributed by atoms with van der Waals surface area (Å²) in [6.07, 6.45) is 0.837. The molecule has 2 aromatic rings. The SMILES string of the molecule is COc1cc2c(cc1OC)[C@H](c1ccccc1)N(CC(=O)N1CCN(CC(=O)N3CCOCC3)CC1)CC2. The van der Waals surface area contributed by atoms with Crippen LogP contribution in [0, 0.1) is 0 Å². The van der Waals surface area contributed by atoms with Crippen LogP contribution in [0.5, 0.6) is 11.5 Å². The predicted octanol–water partition coefficient (Wildman–Crippen LogP) is 1.65. The molecule has 0 aromatic heterocycles. The largest absolute Gasteiger partial charge is 0.493 e. The van der Waals surface area contributed by atoms with E-state index in [1.807, 2.05) is 28.0 Å². The van der Waals surface area contributed by atoms with E-state index in [-0.39, 0.29) is 17.9 Å². The first-order valence-corrected chi connectivity index (χ1v) is 13.5. The van der Waals surface area contributed by atoms with Gasteiger partial charge in [0.1, 0.15) is 0 Å². The lowest BCUT2D eigenvalue weighted by Gasteiger charge is -2.40. The summed E-state index contributed by atoms with van der Waals surface area (Å²) in [6.45, 7) is 6.79. The molecule has 3 aliphatic heterocycles. The molecule has 2 aromatic carbocycles. The van der Waals surface area contributed by atoms with Crippen molar-refractivity contribution in [1.82, 2.24) is 19.6 Å². The first-order valence-electron chi connectivity index (χ1n) is 13.5. The van der Waals surface area contributed by atoms with Gasteiger partial charge in [-0.3, -0.25) is 19.4 Å². The Morgan fingerprint density at radius 3 is 2.13 bits per heavy atom. The molecule has 38 heavy (non-hydrogen) atoms. The van der Waals surface area contributed by atoms with Gasteiger partial charge in [0.25, 0.3) is 0 Å². The highest BCUT2D eigenvalue weighted by Crippen LogP contribution is 2.40. The third-order valence-corrected chi connectivity index (χ3v) is 7.87. The topological polar surface area (TPSA) is 74.8 Å². The highest BCUT2D eigenvalue weighted by molar-refractivity contribution is 5.79. The molecule has 0 aliphatic carbocycles. The monoisotopic (exact) mass is 522 g/mol. The number of morpholine rings is 1. The molecule has 5 rings (SSSR count). The van der Waals surface area contributed by atoms with Crippen molar-refractivity contribution in [2.45, 2.75) is 12.5 Å². The number of nitrogens with zero attached hydrogens (tertiary/aromatic N) is 4. The van der Waals surface area contributed by atoms with Crippen LogP contribution in [0.15, 0.2) is 42.5 Å². The fourth-order valence-corrected chi connectivity index (χ4v) is 5.73. The van der Waals surface area contributed by atoms with Crippen LogP contribution in [0.2, 0.25) is 0 Å². The number of amides is 2. The van der Waals surface area contributed by atoms with Crippen LogP contribution < -0.4 is 9.47 Å². The summed E-state index contributed by atoms with van der Waals surface area (Å²) in [7, 11) is 3.31. The molecule has 0 radical (unpaired) electrons. The van der Waals surface area contributed by atoms with Gasteiger partial charge >= 0.3 is 0 Å². The summed E-state index contributed by atoms with van der Waals surface area (Å²) in [4.78, 5) is 34.4. The van der Waals surface area contributed by atoms with Crippen LogP contribution >= 0.6 is 0 Å². The number of benzene rings is 2. The molecule has 3 heterocycles. The number of piperazine rings is 1. The van der Waals surface area contributed by atoms with Crippen molar-refractivity contribution in [1.29, 1.82) is 0 Å². The van der Waals surface area contributed by atoms with E-state index in [0.717, 1.165) is 29.8 Å². The van der Waals surface area contributed by atoms with Gasteiger partial charge in [-0.05, 0) is 35.2 Å².